The molecule has 0 fully saturated rings. The van der Waals surface area contributed by atoms with Crippen molar-refractivity contribution in [2.24, 2.45) is 7.05 Å². The number of hydrogen-bond acceptors (Lipinski definition) is 3. The Morgan fingerprint density at radius 2 is 2.10 bits per heavy atom. The van der Waals surface area contributed by atoms with Crippen molar-refractivity contribution in [3.8, 4) is 0 Å². The lowest BCUT2D eigenvalue weighted by atomic mass is 10.1. The largest absolute Gasteiger partial charge is 0.329 e. The van der Waals surface area contributed by atoms with E-state index in [1.54, 1.807) is 18.0 Å². The maximum Gasteiger partial charge on any atom is 0.172 e. The van der Waals surface area contributed by atoms with Crippen LogP contribution in [0.15, 0.2) is 40.6 Å². The van der Waals surface area contributed by atoms with Crippen LogP contribution in [0, 0.1) is 0 Å². The zero-order valence-corrected chi connectivity index (χ0v) is 13.8. The minimum absolute atomic E-state index is 0.0599. The summed E-state index contributed by atoms with van der Waals surface area (Å²) in [6.45, 7) is 7.19. The SMILES string of the molecule is Cn1ccnc1Sc1cccc(Cl)c1CNC(C)(C)C. The van der Waals surface area contributed by atoms with Gasteiger partial charge in [-0.25, -0.2) is 4.98 Å². The summed E-state index contributed by atoms with van der Waals surface area (Å²) in [5.41, 5.74) is 1.18. The van der Waals surface area contributed by atoms with Gasteiger partial charge in [0.2, 0.25) is 0 Å². The van der Waals surface area contributed by atoms with Crippen molar-refractivity contribution in [2.45, 2.75) is 42.9 Å². The number of rotatable bonds is 4. The Balaban J connectivity index is 2.24. The highest BCUT2D eigenvalue weighted by Crippen LogP contribution is 2.33. The lowest BCUT2D eigenvalue weighted by Crippen LogP contribution is -2.35. The van der Waals surface area contributed by atoms with Crippen LogP contribution in [0.25, 0.3) is 0 Å². The van der Waals surface area contributed by atoms with Crippen LogP contribution in [0.3, 0.4) is 0 Å². The quantitative estimate of drug-likeness (QED) is 0.921. The fourth-order valence-electron chi connectivity index (χ4n) is 1.71. The fourth-order valence-corrected chi connectivity index (χ4v) is 2.97. The molecule has 1 N–H and O–H groups in total. The molecule has 1 aromatic carbocycles. The second-order valence-electron chi connectivity index (χ2n) is 5.74. The summed E-state index contributed by atoms with van der Waals surface area (Å²) >= 11 is 8.00. The zero-order valence-electron chi connectivity index (χ0n) is 12.3. The maximum absolute atomic E-state index is 6.36. The van der Waals surface area contributed by atoms with E-state index in [1.807, 2.05) is 29.9 Å². The number of imidazole rings is 1. The van der Waals surface area contributed by atoms with E-state index in [2.05, 4.69) is 37.1 Å². The maximum atomic E-state index is 6.36. The molecule has 1 heterocycles. The summed E-state index contributed by atoms with van der Waals surface area (Å²) in [7, 11) is 1.99. The van der Waals surface area contributed by atoms with Gasteiger partial charge < -0.3 is 9.88 Å². The van der Waals surface area contributed by atoms with Crippen molar-refractivity contribution in [1.29, 1.82) is 0 Å². The second-order valence-corrected chi connectivity index (χ2v) is 7.16. The number of halogens is 1. The van der Waals surface area contributed by atoms with Gasteiger partial charge in [0, 0.05) is 41.4 Å². The Hall–Kier alpha value is -0.970. The molecule has 1 aromatic heterocycles. The first-order valence-corrected chi connectivity index (χ1v) is 7.74. The van der Waals surface area contributed by atoms with Crippen LogP contribution in [0.2, 0.25) is 5.02 Å². The Kier molecular flexibility index (Phi) is 4.78. The van der Waals surface area contributed by atoms with Gasteiger partial charge >= 0.3 is 0 Å². The van der Waals surface area contributed by atoms with Crippen molar-refractivity contribution in [3.63, 3.8) is 0 Å². The van der Waals surface area contributed by atoms with Crippen molar-refractivity contribution < 1.29 is 0 Å². The summed E-state index contributed by atoms with van der Waals surface area (Å²) in [5.74, 6) is 0. The molecular weight excluding hydrogens is 290 g/mol. The first kappa shape index (κ1) is 15.4. The molecule has 0 aliphatic rings. The molecule has 3 nitrogen and oxygen atoms in total. The number of hydrogen-bond donors (Lipinski definition) is 1. The molecular formula is C15H20ClN3S. The molecule has 20 heavy (non-hydrogen) atoms. The van der Waals surface area contributed by atoms with Crippen molar-refractivity contribution in [2.75, 3.05) is 0 Å². The minimum atomic E-state index is 0.0599. The monoisotopic (exact) mass is 309 g/mol. The number of nitrogens with one attached hydrogen (secondary N) is 1. The molecule has 0 unspecified atom stereocenters. The van der Waals surface area contributed by atoms with E-state index >= 15 is 0 Å². The Morgan fingerprint density at radius 3 is 2.70 bits per heavy atom. The summed E-state index contributed by atoms with van der Waals surface area (Å²) in [6, 6.07) is 6.00. The molecule has 0 atom stereocenters. The van der Waals surface area contributed by atoms with Gasteiger partial charge in [0.15, 0.2) is 5.16 Å². The third-order valence-corrected chi connectivity index (χ3v) is 4.38. The highest BCUT2D eigenvalue weighted by atomic mass is 35.5. The van der Waals surface area contributed by atoms with Crippen LogP contribution in [0.5, 0.6) is 0 Å². The van der Waals surface area contributed by atoms with Crippen LogP contribution >= 0.6 is 23.4 Å². The average Bonchev–Trinajstić information content (AvgIpc) is 2.73. The van der Waals surface area contributed by atoms with Crippen LogP contribution in [0.4, 0.5) is 0 Å². The normalized spacial score (nSPS) is 11.8. The predicted octanol–water partition coefficient (Wildman–Crippen LogP) is 4.11. The number of nitrogens with zero attached hydrogens (tertiary/aromatic N) is 2. The van der Waals surface area contributed by atoms with Crippen molar-refractivity contribution in [3.05, 3.63) is 41.2 Å². The van der Waals surface area contributed by atoms with Crippen LogP contribution in [0.1, 0.15) is 26.3 Å². The van der Waals surface area contributed by atoms with Gasteiger partial charge in [-0.05, 0) is 38.5 Å². The van der Waals surface area contributed by atoms with Gasteiger partial charge in [-0.15, -0.1) is 0 Å². The molecule has 0 aliphatic carbocycles. The average molecular weight is 310 g/mol. The third-order valence-electron chi connectivity index (χ3n) is 2.85. The van der Waals surface area contributed by atoms with Crippen molar-refractivity contribution in [1.82, 2.24) is 14.9 Å². The number of benzene rings is 1. The lowest BCUT2D eigenvalue weighted by Gasteiger charge is -2.22. The number of aromatic nitrogens is 2. The van der Waals surface area contributed by atoms with E-state index in [4.69, 9.17) is 11.6 Å². The fraction of sp³-hybridized carbons (Fsp3) is 0.400. The molecule has 0 spiro atoms. The minimum Gasteiger partial charge on any atom is -0.329 e. The molecule has 2 aromatic rings. The molecule has 5 heteroatoms. The van der Waals surface area contributed by atoms with E-state index in [1.165, 1.54) is 0 Å². The van der Waals surface area contributed by atoms with Crippen LogP contribution in [-0.2, 0) is 13.6 Å². The summed E-state index contributed by atoms with van der Waals surface area (Å²) in [6.07, 6.45) is 3.75. The van der Waals surface area contributed by atoms with Crippen molar-refractivity contribution >= 4 is 23.4 Å². The lowest BCUT2D eigenvalue weighted by molar-refractivity contribution is 0.422. The van der Waals surface area contributed by atoms with Gasteiger partial charge in [-0.2, -0.15) is 0 Å². The molecule has 0 amide bonds. The van der Waals surface area contributed by atoms with E-state index < -0.39 is 0 Å². The topological polar surface area (TPSA) is 29.9 Å². The molecule has 0 radical (unpaired) electrons. The third kappa shape index (κ3) is 4.01. The smallest absolute Gasteiger partial charge is 0.172 e. The Labute approximate surface area is 129 Å². The highest BCUT2D eigenvalue weighted by molar-refractivity contribution is 7.99. The molecule has 2 rings (SSSR count). The van der Waals surface area contributed by atoms with E-state index in [0.717, 1.165) is 27.2 Å². The Morgan fingerprint density at radius 1 is 1.35 bits per heavy atom. The zero-order chi connectivity index (χ0) is 14.8. The Bertz CT molecular complexity index is 587. The second kappa shape index (κ2) is 6.20. The van der Waals surface area contributed by atoms with Gasteiger partial charge in [-0.1, -0.05) is 29.4 Å². The molecule has 0 saturated carbocycles. The van der Waals surface area contributed by atoms with Gasteiger partial charge in [0.05, 0.1) is 0 Å². The van der Waals surface area contributed by atoms with Gasteiger partial charge in [0.25, 0.3) is 0 Å². The predicted molar refractivity (Wildman–Crippen MR) is 85.4 cm³/mol. The summed E-state index contributed by atoms with van der Waals surface area (Å²) < 4.78 is 2.01. The summed E-state index contributed by atoms with van der Waals surface area (Å²) in [4.78, 5) is 5.50. The highest BCUT2D eigenvalue weighted by Gasteiger charge is 2.14. The van der Waals surface area contributed by atoms with Crippen LogP contribution in [-0.4, -0.2) is 15.1 Å². The first-order valence-electron chi connectivity index (χ1n) is 6.54. The number of aryl methyl sites for hydroxylation is 1. The van der Waals surface area contributed by atoms with E-state index in [0.29, 0.717) is 0 Å². The van der Waals surface area contributed by atoms with E-state index in [-0.39, 0.29) is 5.54 Å². The standard InChI is InChI=1S/C15H20ClN3S/c1-15(2,3)18-10-11-12(16)6-5-7-13(11)20-14-17-8-9-19(14)4/h5-9,18H,10H2,1-4H3. The van der Waals surface area contributed by atoms with Gasteiger partial charge in [0.1, 0.15) is 0 Å². The summed E-state index contributed by atoms with van der Waals surface area (Å²) in [5, 5.41) is 5.24. The van der Waals surface area contributed by atoms with Gasteiger partial charge in [-0.3, -0.25) is 0 Å². The molecule has 0 bridgehead atoms. The van der Waals surface area contributed by atoms with E-state index in [9.17, 15) is 0 Å². The molecule has 108 valence electrons. The van der Waals surface area contributed by atoms with Crippen LogP contribution < -0.4 is 5.32 Å². The molecule has 0 saturated heterocycles. The first-order chi connectivity index (χ1) is 9.37. The molecule has 0 aliphatic heterocycles.